The summed E-state index contributed by atoms with van der Waals surface area (Å²) in [6.45, 7) is 5.64. The first-order valence-electron chi connectivity index (χ1n) is 12.0. The van der Waals surface area contributed by atoms with Crippen LogP contribution in [0.5, 0.6) is 0 Å². The first-order chi connectivity index (χ1) is 18.0. The van der Waals surface area contributed by atoms with Gasteiger partial charge in [-0.2, -0.15) is 23.5 Å². The summed E-state index contributed by atoms with van der Waals surface area (Å²) in [5.74, 6) is 0.268. The number of halogens is 4. The molecule has 0 unspecified atom stereocenters. The van der Waals surface area contributed by atoms with Gasteiger partial charge in [0.2, 0.25) is 0 Å². The summed E-state index contributed by atoms with van der Waals surface area (Å²) in [6.07, 6.45) is 0.700. The van der Waals surface area contributed by atoms with Crippen LogP contribution in [0.15, 0.2) is 40.6 Å². The lowest BCUT2D eigenvalue weighted by Crippen LogP contribution is -2.16. The molecule has 3 aromatic heterocycles. The topological polar surface area (TPSA) is 118 Å². The van der Waals surface area contributed by atoms with Crippen molar-refractivity contribution in [3.63, 3.8) is 0 Å². The Morgan fingerprint density at radius 2 is 2.11 bits per heavy atom. The summed E-state index contributed by atoms with van der Waals surface area (Å²) in [6, 6.07) is 6.48. The van der Waals surface area contributed by atoms with E-state index in [-0.39, 0.29) is 16.9 Å². The molecule has 0 amide bonds. The van der Waals surface area contributed by atoms with Gasteiger partial charge in [0.1, 0.15) is 23.0 Å². The molecule has 0 saturated carbocycles. The van der Waals surface area contributed by atoms with Gasteiger partial charge in [0, 0.05) is 36.4 Å². The van der Waals surface area contributed by atoms with Crippen LogP contribution in [0.3, 0.4) is 0 Å². The van der Waals surface area contributed by atoms with Crippen LogP contribution in [0.4, 0.5) is 18.9 Å². The van der Waals surface area contributed by atoms with Crippen LogP contribution in [0.25, 0.3) is 5.82 Å². The molecule has 38 heavy (non-hydrogen) atoms. The zero-order chi connectivity index (χ0) is 27.6. The van der Waals surface area contributed by atoms with Crippen LogP contribution in [0, 0.1) is 18.3 Å². The number of aliphatic imine (C=N–C) groups is 1. The number of aromatic nitrogens is 4. The molecule has 4 rings (SSSR count). The highest BCUT2D eigenvalue weighted by Gasteiger charge is 2.34. The standard InChI is InChI=1S/C26H26ClF3N8/c1-14(2)35-25(19(27)11-32)24-18(10-31)23(17-5-4-6-20(17)36-24)34-13-16-7-8-22(33-12-16)38-15(3)9-21(37-38)26(28,29)30/h7-9,11-12,14H,4-6,13,32H2,1-3H3,(H,34,36)/b19-11+,35-25?. The van der Waals surface area contributed by atoms with Gasteiger partial charge in [-0.3, -0.25) is 4.99 Å². The van der Waals surface area contributed by atoms with Gasteiger partial charge in [-0.05, 0) is 63.3 Å². The van der Waals surface area contributed by atoms with Gasteiger partial charge in [0.15, 0.2) is 11.5 Å². The third-order valence-electron chi connectivity index (χ3n) is 5.99. The van der Waals surface area contributed by atoms with Gasteiger partial charge in [-0.15, -0.1) is 0 Å². The van der Waals surface area contributed by atoms with Crippen LogP contribution in [-0.4, -0.2) is 31.5 Å². The van der Waals surface area contributed by atoms with Crippen molar-refractivity contribution in [2.75, 3.05) is 5.32 Å². The molecule has 0 bridgehead atoms. The van der Waals surface area contributed by atoms with E-state index >= 15 is 0 Å². The van der Waals surface area contributed by atoms with Gasteiger partial charge >= 0.3 is 6.18 Å². The van der Waals surface area contributed by atoms with Crippen molar-refractivity contribution in [3.05, 3.63) is 75.1 Å². The second kappa shape index (κ2) is 10.8. The predicted octanol–water partition coefficient (Wildman–Crippen LogP) is 5.20. The molecule has 8 nitrogen and oxygen atoms in total. The molecular weight excluding hydrogens is 517 g/mol. The van der Waals surface area contributed by atoms with Crippen LogP contribution in [0.2, 0.25) is 0 Å². The molecule has 3 N–H and O–H groups in total. The molecule has 1 aliphatic rings. The van der Waals surface area contributed by atoms with Crippen molar-refractivity contribution in [1.29, 1.82) is 5.26 Å². The molecule has 0 fully saturated rings. The fourth-order valence-electron chi connectivity index (χ4n) is 4.31. The molecule has 3 aromatic rings. The van der Waals surface area contributed by atoms with E-state index in [1.54, 1.807) is 18.3 Å². The first-order valence-corrected chi connectivity index (χ1v) is 12.4. The SMILES string of the molecule is Cc1cc(C(F)(F)F)nn1-c1ccc(CNc2c(C#N)c(C(=NC(C)C)/C(Cl)=C\N)nc3c2CCC3)cn1. The average molecular weight is 543 g/mol. The minimum Gasteiger partial charge on any atom is -0.403 e. The Balaban J connectivity index is 1.66. The number of rotatable bonds is 7. The van der Waals surface area contributed by atoms with E-state index in [2.05, 4.69) is 26.5 Å². The maximum Gasteiger partial charge on any atom is 0.435 e. The molecule has 0 saturated heterocycles. The second-order valence-corrected chi connectivity index (χ2v) is 9.55. The van der Waals surface area contributed by atoms with Crippen LogP contribution < -0.4 is 11.1 Å². The second-order valence-electron chi connectivity index (χ2n) is 9.15. The molecule has 1 aliphatic carbocycles. The molecule has 0 aromatic carbocycles. The average Bonchev–Trinajstić information content (AvgIpc) is 3.51. The molecular formula is C26H26ClF3N8. The van der Waals surface area contributed by atoms with E-state index in [4.69, 9.17) is 22.3 Å². The molecule has 0 aliphatic heterocycles. The van der Waals surface area contributed by atoms with Crippen molar-refractivity contribution < 1.29 is 13.2 Å². The van der Waals surface area contributed by atoms with Gasteiger partial charge in [0.25, 0.3) is 0 Å². The lowest BCUT2D eigenvalue weighted by molar-refractivity contribution is -0.141. The number of pyridine rings is 2. The zero-order valence-corrected chi connectivity index (χ0v) is 21.8. The Morgan fingerprint density at radius 3 is 2.68 bits per heavy atom. The van der Waals surface area contributed by atoms with Crippen LogP contribution >= 0.6 is 11.6 Å². The fourth-order valence-corrected chi connectivity index (χ4v) is 4.45. The maximum absolute atomic E-state index is 13.0. The number of nitriles is 1. The molecule has 198 valence electrons. The number of aryl methyl sites for hydroxylation is 2. The number of alkyl halides is 3. The molecule has 12 heteroatoms. The number of nitrogens with one attached hydrogen (secondary N) is 1. The molecule has 0 radical (unpaired) electrons. The highest BCUT2D eigenvalue weighted by molar-refractivity contribution is 6.46. The lowest BCUT2D eigenvalue weighted by atomic mass is 10.0. The Labute approximate surface area is 223 Å². The van der Waals surface area contributed by atoms with E-state index in [1.165, 1.54) is 13.1 Å². The van der Waals surface area contributed by atoms with E-state index in [9.17, 15) is 18.4 Å². The summed E-state index contributed by atoms with van der Waals surface area (Å²) in [5.41, 5.74) is 9.35. The fraction of sp³-hybridized carbons (Fsp3) is 0.346. The Bertz CT molecular complexity index is 1450. The Morgan fingerprint density at radius 1 is 1.34 bits per heavy atom. The van der Waals surface area contributed by atoms with Crippen molar-refractivity contribution in [2.45, 2.75) is 58.8 Å². The smallest absolute Gasteiger partial charge is 0.403 e. The highest BCUT2D eigenvalue weighted by Crippen LogP contribution is 2.34. The number of anilines is 1. The molecule has 0 spiro atoms. The summed E-state index contributed by atoms with van der Waals surface area (Å²) >= 11 is 6.38. The number of allylic oxidation sites excluding steroid dienone is 1. The molecule has 3 heterocycles. The molecule has 0 atom stereocenters. The van der Waals surface area contributed by atoms with Crippen molar-refractivity contribution in [2.24, 2.45) is 10.7 Å². The quantitative estimate of drug-likeness (QED) is 0.396. The van der Waals surface area contributed by atoms with Gasteiger partial charge in [-0.1, -0.05) is 17.7 Å². The number of hydrogen-bond donors (Lipinski definition) is 2. The third kappa shape index (κ3) is 5.50. The summed E-state index contributed by atoms with van der Waals surface area (Å²) < 4.78 is 40.2. The number of hydrogen-bond acceptors (Lipinski definition) is 7. The van der Waals surface area contributed by atoms with Crippen molar-refractivity contribution in [1.82, 2.24) is 19.7 Å². The minimum atomic E-state index is -4.54. The van der Waals surface area contributed by atoms with Crippen LogP contribution in [0.1, 0.15) is 59.7 Å². The summed E-state index contributed by atoms with van der Waals surface area (Å²) in [5, 5.41) is 17.3. The van der Waals surface area contributed by atoms with Crippen molar-refractivity contribution >= 4 is 23.0 Å². The van der Waals surface area contributed by atoms with E-state index in [0.717, 1.165) is 46.8 Å². The largest absolute Gasteiger partial charge is 0.435 e. The van der Waals surface area contributed by atoms with Gasteiger partial charge in [-0.25, -0.2) is 14.6 Å². The monoisotopic (exact) mass is 542 g/mol. The zero-order valence-electron chi connectivity index (χ0n) is 21.1. The highest BCUT2D eigenvalue weighted by atomic mass is 35.5. The van der Waals surface area contributed by atoms with E-state index in [0.29, 0.717) is 34.9 Å². The lowest BCUT2D eigenvalue weighted by Gasteiger charge is -2.17. The maximum atomic E-state index is 13.0. The summed E-state index contributed by atoms with van der Waals surface area (Å²) in [7, 11) is 0. The first kappa shape index (κ1) is 27.1. The number of nitrogens with zero attached hydrogens (tertiary/aromatic N) is 6. The third-order valence-corrected chi connectivity index (χ3v) is 6.30. The number of nitrogens with two attached hydrogens (primary N) is 1. The predicted molar refractivity (Wildman–Crippen MR) is 139 cm³/mol. The van der Waals surface area contributed by atoms with Gasteiger partial charge < -0.3 is 11.1 Å². The Hall–Kier alpha value is -3.91. The Kier molecular flexibility index (Phi) is 7.73. The van der Waals surface area contributed by atoms with Crippen LogP contribution in [-0.2, 0) is 25.6 Å². The van der Waals surface area contributed by atoms with Crippen molar-refractivity contribution in [3.8, 4) is 11.9 Å². The summed E-state index contributed by atoms with van der Waals surface area (Å²) in [4.78, 5) is 13.6. The van der Waals surface area contributed by atoms with E-state index in [1.807, 2.05) is 13.8 Å². The minimum absolute atomic E-state index is 0.105. The number of fused-ring (bicyclic) bond motifs is 1. The van der Waals surface area contributed by atoms with E-state index < -0.39 is 11.9 Å². The van der Waals surface area contributed by atoms with Gasteiger partial charge in [0.05, 0.1) is 10.7 Å². The normalized spacial score (nSPS) is 14.1.